The third-order valence-corrected chi connectivity index (χ3v) is 2.55. The van der Waals surface area contributed by atoms with Gasteiger partial charge in [0, 0.05) is 19.5 Å². The van der Waals surface area contributed by atoms with Gasteiger partial charge in [0.1, 0.15) is 29.4 Å². The number of methoxy groups -OCH3 is 1. The summed E-state index contributed by atoms with van der Waals surface area (Å²) in [6, 6.07) is 13.0. The molecular weight excluding hydrogens is 354 g/mol. The van der Waals surface area contributed by atoms with Crippen molar-refractivity contribution in [3.8, 4) is 17.2 Å². The van der Waals surface area contributed by atoms with E-state index >= 15 is 0 Å². The number of carboxylic acids is 1. The molecular formula is C16H18O6Zn. The summed E-state index contributed by atoms with van der Waals surface area (Å²) < 4.78 is 10.1. The molecule has 0 aliphatic carbocycles. The molecule has 0 saturated carbocycles. The summed E-state index contributed by atoms with van der Waals surface area (Å²) in [5.41, 5.74) is -0.0671. The molecule has 0 aliphatic rings. The molecule has 2 rings (SSSR count). The van der Waals surface area contributed by atoms with Gasteiger partial charge in [0.25, 0.3) is 0 Å². The largest absolute Gasteiger partial charge is 0.507 e. The van der Waals surface area contributed by atoms with Gasteiger partial charge >= 0.3 is 5.97 Å². The molecule has 0 spiro atoms. The summed E-state index contributed by atoms with van der Waals surface area (Å²) in [6.07, 6.45) is 0. The Balaban J connectivity index is 0.000000409. The summed E-state index contributed by atoms with van der Waals surface area (Å²) >= 11 is 0. The van der Waals surface area contributed by atoms with Gasteiger partial charge in [-0.1, -0.05) is 12.1 Å². The second-order valence-electron chi connectivity index (χ2n) is 4.07. The molecule has 0 unspecified atom stereocenters. The maximum atomic E-state index is 10.3. The van der Waals surface area contributed by atoms with Gasteiger partial charge in [0.2, 0.25) is 0 Å². The summed E-state index contributed by atoms with van der Waals surface area (Å²) in [5, 5.41) is 25.8. The fourth-order valence-electron chi connectivity index (χ4n) is 1.49. The number of aliphatic hydroxyl groups is 1. The summed E-state index contributed by atoms with van der Waals surface area (Å²) in [4.78, 5) is 10.3. The zero-order valence-corrected chi connectivity index (χ0v) is 15.8. The zero-order chi connectivity index (χ0) is 16.4. The number of hydrogen-bond donors (Lipinski definition) is 3. The number of aromatic carboxylic acids is 1. The molecule has 6 nitrogen and oxygen atoms in total. The molecule has 0 heterocycles. The van der Waals surface area contributed by atoms with Crippen LogP contribution in [0.15, 0.2) is 48.5 Å². The maximum absolute atomic E-state index is 10.3. The number of ether oxygens (including phenoxy) is 2. The Hall–Kier alpha value is -2.11. The molecule has 120 valence electrons. The number of benzene rings is 2. The van der Waals surface area contributed by atoms with Crippen molar-refractivity contribution in [2.24, 2.45) is 0 Å². The van der Waals surface area contributed by atoms with Gasteiger partial charge in [-0.3, -0.25) is 0 Å². The SMILES string of the molecule is COc1ccc(OCCO)cc1.O=C(O)c1ccccc1O.[Zn]. The van der Waals surface area contributed by atoms with Crippen molar-refractivity contribution in [2.45, 2.75) is 0 Å². The van der Waals surface area contributed by atoms with Crippen LogP contribution in [0, 0.1) is 0 Å². The monoisotopic (exact) mass is 370 g/mol. The van der Waals surface area contributed by atoms with Gasteiger partial charge < -0.3 is 24.8 Å². The molecule has 2 aromatic rings. The van der Waals surface area contributed by atoms with E-state index in [4.69, 9.17) is 24.8 Å². The minimum Gasteiger partial charge on any atom is -0.507 e. The van der Waals surface area contributed by atoms with Gasteiger partial charge in [-0.25, -0.2) is 4.79 Å². The van der Waals surface area contributed by atoms with Gasteiger partial charge in [-0.2, -0.15) is 0 Å². The number of carbonyl (C=O) groups is 1. The van der Waals surface area contributed by atoms with E-state index < -0.39 is 5.97 Å². The Bertz CT molecular complexity index is 585. The van der Waals surface area contributed by atoms with Crippen molar-refractivity contribution >= 4 is 5.97 Å². The van der Waals surface area contributed by atoms with Crippen LogP contribution in [-0.4, -0.2) is 41.6 Å². The van der Waals surface area contributed by atoms with Crippen molar-refractivity contribution in [1.29, 1.82) is 0 Å². The molecule has 3 N–H and O–H groups in total. The average molecular weight is 372 g/mol. The van der Waals surface area contributed by atoms with Crippen molar-refractivity contribution < 1.29 is 49.1 Å². The summed E-state index contributed by atoms with van der Waals surface area (Å²) in [7, 11) is 1.61. The minimum absolute atomic E-state index is 0. The fourth-order valence-corrected chi connectivity index (χ4v) is 1.49. The van der Waals surface area contributed by atoms with Crippen molar-refractivity contribution in [3.63, 3.8) is 0 Å². The predicted octanol–water partition coefficient (Wildman–Crippen LogP) is 2.15. The van der Waals surface area contributed by atoms with Crippen LogP contribution in [0.4, 0.5) is 0 Å². The smallest absolute Gasteiger partial charge is 0.339 e. The molecule has 2 aromatic carbocycles. The van der Waals surface area contributed by atoms with E-state index in [0.717, 1.165) is 11.5 Å². The molecule has 0 radical (unpaired) electrons. The summed E-state index contributed by atoms with van der Waals surface area (Å²) in [5.74, 6) is 0.226. The van der Waals surface area contributed by atoms with Gasteiger partial charge in [0.15, 0.2) is 0 Å². The topological polar surface area (TPSA) is 96.2 Å². The van der Waals surface area contributed by atoms with E-state index in [2.05, 4.69) is 0 Å². The molecule has 0 atom stereocenters. The van der Waals surface area contributed by atoms with Crippen LogP contribution in [0.25, 0.3) is 0 Å². The maximum Gasteiger partial charge on any atom is 0.339 e. The van der Waals surface area contributed by atoms with Gasteiger partial charge in [-0.05, 0) is 36.4 Å². The van der Waals surface area contributed by atoms with E-state index in [0.29, 0.717) is 6.61 Å². The van der Waals surface area contributed by atoms with E-state index in [1.165, 1.54) is 12.1 Å². The first kappa shape index (κ1) is 20.9. The zero-order valence-electron chi connectivity index (χ0n) is 12.8. The molecule has 0 saturated heterocycles. The molecule has 0 fully saturated rings. The number of para-hydroxylation sites is 1. The van der Waals surface area contributed by atoms with Crippen molar-refractivity contribution in [3.05, 3.63) is 54.1 Å². The first-order valence-electron chi connectivity index (χ1n) is 6.47. The van der Waals surface area contributed by atoms with Gasteiger partial charge in [0.05, 0.1) is 13.7 Å². The number of aliphatic hydroxyl groups excluding tert-OH is 1. The second kappa shape index (κ2) is 11.5. The van der Waals surface area contributed by atoms with Gasteiger partial charge in [-0.15, -0.1) is 0 Å². The number of carboxylic acid groups (broad SMARTS) is 1. The van der Waals surface area contributed by atoms with Crippen LogP contribution >= 0.6 is 0 Å². The van der Waals surface area contributed by atoms with E-state index in [1.807, 2.05) is 12.1 Å². The van der Waals surface area contributed by atoms with Crippen molar-refractivity contribution in [2.75, 3.05) is 20.3 Å². The first-order chi connectivity index (χ1) is 10.6. The Morgan fingerprint density at radius 3 is 2.04 bits per heavy atom. The number of aromatic hydroxyl groups is 1. The molecule has 7 heteroatoms. The van der Waals surface area contributed by atoms with Crippen LogP contribution in [-0.2, 0) is 19.5 Å². The number of phenols is 1. The van der Waals surface area contributed by atoms with Crippen LogP contribution in [0.3, 0.4) is 0 Å². The third-order valence-electron chi connectivity index (χ3n) is 2.55. The van der Waals surface area contributed by atoms with Crippen LogP contribution < -0.4 is 9.47 Å². The Morgan fingerprint density at radius 2 is 1.61 bits per heavy atom. The molecule has 0 amide bonds. The normalized spacial score (nSPS) is 8.96. The number of hydrogen-bond acceptors (Lipinski definition) is 5. The molecule has 0 aromatic heterocycles. The average Bonchev–Trinajstić information content (AvgIpc) is 2.54. The Labute approximate surface area is 147 Å². The first-order valence-corrected chi connectivity index (χ1v) is 6.47. The van der Waals surface area contributed by atoms with Crippen LogP contribution in [0.1, 0.15) is 10.4 Å². The molecule has 0 aliphatic heterocycles. The van der Waals surface area contributed by atoms with Crippen LogP contribution in [0.2, 0.25) is 0 Å². The van der Waals surface area contributed by atoms with E-state index in [1.54, 1.807) is 31.4 Å². The standard InChI is InChI=1S/C9H12O3.C7H6O3.Zn/c1-11-8-2-4-9(5-3-8)12-7-6-10;8-6-4-2-1-3-5(6)7(9)10;/h2-5,10H,6-7H2,1H3;1-4,8H,(H,9,10);. The van der Waals surface area contributed by atoms with Crippen molar-refractivity contribution in [1.82, 2.24) is 0 Å². The molecule has 23 heavy (non-hydrogen) atoms. The molecule has 0 bridgehead atoms. The second-order valence-corrected chi connectivity index (χ2v) is 4.07. The quantitative estimate of drug-likeness (QED) is 0.697. The predicted molar refractivity (Wildman–Crippen MR) is 80.6 cm³/mol. The summed E-state index contributed by atoms with van der Waals surface area (Å²) in [6.45, 7) is 0.359. The Kier molecular flexibility index (Phi) is 10.4. The number of rotatable bonds is 5. The minimum atomic E-state index is -1.11. The van der Waals surface area contributed by atoms with E-state index in [-0.39, 0.29) is 37.4 Å². The Morgan fingerprint density at radius 1 is 1.04 bits per heavy atom. The van der Waals surface area contributed by atoms with Crippen LogP contribution in [0.5, 0.6) is 17.2 Å². The van der Waals surface area contributed by atoms with E-state index in [9.17, 15) is 4.79 Å². The fraction of sp³-hybridized carbons (Fsp3) is 0.188. The third kappa shape index (κ3) is 7.63.